The van der Waals surface area contributed by atoms with E-state index < -0.39 is 0 Å². The second kappa shape index (κ2) is 3.11. The lowest BCUT2D eigenvalue weighted by Gasteiger charge is -2.03. The van der Waals surface area contributed by atoms with Gasteiger partial charge in [-0.1, -0.05) is 12.1 Å². The Morgan fingerprint density at radius 1 is 1.38 bits per heavy atom. The van der Waals surface area contributed by atoms with Gasteiger partial charge in [0.1, 0.15) is 0 Å². The van der Waals surface area contributed by atoms with E-state index in [9.17, 15) is 0 Å². The molecule has 2 rings (SSSR count). The minimum Gasteiger partial charge on any atom is -0.345 e. The average Bonchev–Trinajstić information content (AvgIpc) is 2.60. The molecule has 0 unspecified atom stereocenters. The number of nitrogens with zero attached hydrogens (tertiary/aromatic N) is 1. The lowest BCUT2D eigenvalue weighted by molar-refractivity contribution is -0.136. The molecule has 13 heavy (non-hydrogen) atoms. The lowest BCUT2D eigenvalue weighted by Crippen LogP contribution is -1.94. The summed E-state index contributed by atoms with van der Waals surface area (Å²) < 4.78 is 2.03. The standard InChI is InChI=1S/C10H11NO2/c1-2-11-7-6-8-4-3-5-9(13-12)10(8)11/h3-7,12H,2H2,1H3. The van der Waals surface area contributed by atoms with Gasteiger partial charge >= 0.3 is 0 Å². The van der Waals surface area contributed by atoms with Crippen molar-refractivity contribution in [3.8, 4) is 5.75 Å². The summed E-state index contributed by atoms with van der Waals surface area (Å²) in [6.07, 6.45) is 1.98. The van der Waals surface area contributed by atoms with Gasteiger partial charge in [-0.25, -0.2) is 5.26 Å². The molecule has 1 aromatic heterocycles. The van der Waals surface area contributed by atoms with Crippen LogP contribution in [-0.4, -0.2) is 9.82 Å². The van der Waals surface area contributed by atoms with Crippen LogP contribution in [0.1, 0.15) is 6.92 Å². The first kappa shape index (κ1) is 8.13. The first-order chi connectivity index (χ1) is 6.36. The molecule has 0 fully saturated rings. The highest BCUT2D eigenvalue weighted by Gasteiger charge is 2.05. The first-order valence-corrected chi connectivity index (χ1v) is 4.26. The number of benzene rings is 1. The van der Waals surface area contributed by atoms with E-state index in [4.69, 9.17) is 5.26 Å². The Balaban J connectivity index is 2.76. The number of hydrogen-bond donors (Lipinski definition) is 1. The molecule has 0 saturated carbocycles. The van der Waals surface area contributed by atoms with E-state index in [2.05, 4.69) is 4.89 Å². The van der Waals surface area contributed by atoms with Crippen molar-refractivity contribution in [2.24, 2.45) is 0 Å². The molecule has 68 valence electrons. The van der Waals surface area contributed by atoms with Crippen LogP contribution in [-0.2, 0) is 6.54 Å². The Kier molecular flexibility index (Phi) is 1.94. The number of aryl methyl sites for hydroxylation is 1. The summed E-state index contributed by atoms with van der Waals surface area (Å²) in [5.74, 6) is 0.504. The van der Waals surface area contributed by atoms with Gasteiger partial charge in [-0.3, -0.25) is 0 Å². The number of fused-ring (bicyclic) bond motifs is 1. The fraction of sp³-hybridized carbons (Fsp3) is 0.200. The Morgan fingerprint density at radius 3 is 2.92 bits per heavy atom. The van der Waals surface area contributed by atoms with Crippen LogP contribution in [0.5, 0.6) is 5.75 Å². The third-order valence-electron chi connectivity index (χ3n) is 2.19. The van der Waals surface area contributed by atoms with Gasteiger partial charge in [0, 0.05) is 18.1 Å². The summed E-state index contributed by atoms with van der Waals surface area (Å²) in [5.41, 5.74) is 0.938. The highest BCUT2D eigenvalue weighted by Crippen LogP contribution is 2.25. The van der Waals surface area contributed by atoms with Crippen molar-refractivity contribution in [3.05, 3.63) is 30.5 Å². The van der Waals surface area contributed by atoms with Crippen molar-refractivity contribution in [2.75, 3.05) is 0 Å². The smallest absolute Gasteiger partial charge is 0.189 e. The third-order valence-corrected chi connectivity index (χ3v) is 2.19. The monoisotopic (exact) mass is 177 g/mol. The molecule has 2 aromatic rings. The summed E-state index contributed by atoms with van der Waals surface area (Å²) in [5, 5.41) is 9.74. The van der Waals surface area contributed by atoms with E-state index in [0.29, 0.717) is 5.75 Å². The Hall–Kier alpha value is -1.48. The SMILES string of the molecule is CCn1ccc2cccc(OO)c21. The number of aromatic nitrogens is 1. The van der Waals surface area contributed by atoms with Gasteiger partial charge in [0.05, 0.1) is 5.52 Å². The van der Waals surface area contributed by atoms with E-state index >= 15 is 0 Å². The summed E-state index contributed by atoms with van der Waals surface area (Å²) in [6, 6.07) is 7.59. The zero-order chi connectivity index (χ0) is 9.26. The highest BCUT2D eigenvalue weighted by molar-refractivity contribution is 5.85. The molecule has 0 radical (unpaired) electrons. The third kappa shape index (κ3) is 1.17. The Morgan fingerprint density at radius 2 is 2.23 bits per heavy atom. The predicted octanol–water partition coefficient (Wildman–Crippen LogP) is 2.51. The first-order valence-electron chi connectivity index (χ1n) is 4.26. The minimum absolute atomic E-state index is 0.504. The van der Waals surface area contributed by atoms with Gasteiger partial charge in [0.25, 0.3) is 0 Å². The van der Waals surface area contributed by atoms with Gasteiger partial charge in [-0.05, 0) is 19.1 Å². The fourth-order valence-corrected chi connectivity index (χ4v) is 1.56. The zero-order valence-electron chi connectivity index (χ0n) is 7.40. The van der Waals surface area contributed by atoms with E-state index in [1.807, 2.05) is 35.9 Å². The van der Waals surface area contributed by atoms with Crippen LogP contribution in [0.25, 0.3) is 10.9 Å². The molecular weight excluding hydrogens is 166 g/mol. The quantitative estimate of drug-likeness (QED) is 0.565. The summed E-state index contributed by atoms with van der Waals surface area (Å²) in [7, 11) is 0. The van der Waals surface area contributed by atoms with Crippen molar-refractivity contribution < 1.29 is 10.1 Å². The molecule has 0 aliphatic heterocycles. The normalized spacial score (nSPS) is 10.6. The molecule has 1 aromatic carbocycles. The van der Waals surface area contributed by atoms with Gasteiger partial charge < -0.3 is 9.45 Å². The van der Waals surface area contributed by atoms with Crippen LogP contribution in [0.2, 0.25) is 0 Å². The number of para-hydroxylation sites is 1. The topological polar surface area (TPSA) is 34.4 Å². The minimum atomic E-state index is 0.504. The van der Waals surface area contributed by atoms with E-state index in [-0.39, 0.29) is 0 Å². The van der Waals surface area contributed by atoms with Crippen LogP contribution >= 0.6 is 0 Å². The fourth-order valence-electron chi connectivity index (χ4n) is 1.56. The second-order valence-electron chi connectivity index (χ2n) is 2.89. The van der Waals surface area contributed by atoms with Gasteiger partial charge in [-0.2, -0.15) is 0 Å². The van der Waals surface area contributed by atoms with Crippen LogP contribution in [0.15, 0.2) is 30.5 Å². The summed E-state index contributed by atoms with van der Waals surface area (Å²) in [6.45, 7) is 2.91. The van der Waals surface area contributed by atoms with Crippen molar-refractivity contribution in [1.82, 2.24) is 4.57 Å². The maximum atomic E-state index is 8.66. The van der Waals surface area contributed by atoms with Crippen LogP contribution in [0, 0.1) is 0 Å². The largest absolute Gasteiger partial charge is 0.345 e. The molecule has 0 aliphatic rings. The molecule has 1 N–H and O–H groups in total. The Bertz CT molecular complexity index is 420. The van der Waals surface area contributed by atoms with Crippen LogP contribution in [0.3, 0.4) is 0 Å². The average molecular weight is 177 g/mol. The van der Waals surface area contributed by atoms with Crippen molar-refractivity contribution in [1.29, 1.82) is 0 Å². The zero-order valence-corrected chi connectivity index (χ0v) is 7.40. The van der Waals surface area contributed by atoms with E-state index in [0.717, 1.165) is 17.4 Å². The molecule has 0 amide bonds. The number of rotatable bonds is 2. The van der Waals surface area contributed by atoms with Crippen molar-refractivity contribution in [3.63, 3.8) is 0 Å². The van der Waals surface area contributed by atoms with Gasteiger partial charge in [0.2, 0.25) is 0 Å². The van der Waals surface area contributed by atoms with E-state index in [1.54, 1.807) is 6.07 Å². The van der Waals surface area contributed by atoms with Crippen molar-refractivity contribution in [2.45, 2.75) is 13.5 Å². The molecule has 3 heteroatoms. The van der Waals surface area contributed by atoms with Gasteiger partial charge in [0.15, 0.2) is 5.75 Å². The van der Waals surface area contributed by atoms with Crippen LogP contribution in [0.4, 0.5) is 0 Å². The molecule has 0 aliphatic carbocycles. The van der Waals surface area contributed by atoms with Gasteiger partial charge in [-0.15, -0.1) is 0 Å². The van der Waals surface area contributed by atoms with Crippen LogP contribution < -0.4 is 4.89 Å². The molecule has 0 atom stereocenters. The highest BCUT2D eigenvalue weighted by atomic mass is 17.1. The molecule has 0 bridgehead atoms. The maximum absolute atomic E-state index is 8.66. The van der Waals surface area contributed by atoms with E-state index in [1.165, 1.54) is 0 Å². The summed E-state index contributed by atoms with van der Waals surface area (Å²) in [4.78, 5) is 4.31. The predicted molar refractivity (Wildman–Crippen MR) is 50.9 cm³/mol. The lowest BCUT2D eigenvalue weighted by atomic mass is 10.2. The van der Waals surface area contributed by atoms with Crippen molar-refractivity contribution >= 4 is 10.9 Å². The Labute approximate surface area is 76.1 Å². The molecular formula is C10H11NO2. The second-order valence-corrected chi connectivity index (χ2v) is 2.89. The molecule has 0 saturated heterocycles. The summed E-state index contributed by atoms with van der Waals surface area (Å²) >= 11 is 0. The maximum Gasteiger partial charge on any atom is 0.189 e. The molecule has 3 nitrogen and oxygen atoms in total. The number of hydrogen-bond acceptors (Lipinski definition) is 2. The molecule has 0 spiro atoms. The molecule has 1 heterocycles.